The molecule has 1 aromatic carbocycles. The highest BCUT2D eigenvalue weighted by Gasteiger charge is 2.36. The highest BCUT2D eigenvalue weighted by molar-refractivity contribution is 5.99. The van der Waals surface area contributed by atoms with Crippen molar-refractivity contribution in [3.05, 3.63) is 35.9 Å². The lowest BCUT2D eigenvalue weighted by Gasteiger charge is -2.29. The van der Waals surface area contributed by atoms with Crippen LogP contribution < -0.4 is 48.7 Å². The van der Waals surface area contributed by atoms with E-state index in [-0.39, 0.29) is 31.8 Å². The predicted molar refractivity (Wildman–Crippen MR) is 208 cm³/mol. The lowest BCUT2D eigenvalue weighted by Crippen LogP contribution is -2.61. The first kappa shape index (κ1) is 47.9. The molecule has 1 aliphatic heterocycles. The summed E-state index contributed by atoms with van der Waals surface area (Å²) in [6, 6.07) is -1.52. The largest absolute Gasteiger partial charge is 0.481 e. The molecule has 0 radical (unpaired) electrons. The van der Waals surface area contributed by atoms with E-state index in [0.717, 1.165) is 0 Å². The molecule has 0 aromatic heterocycles. The summed E-state index contributed by atoms with van der Waals surface area (Å²) in [6.07, 6.45) is -1.91. The molecule has 7 atom stereocenters. The molecule has 1 saturated heterocycles. The Morgan fingerprint density at radius 2 is 1.09 bits per heavy atom. The van der Waals surface area contributed by atoms with Crippen molar-refractivity contribution < 1.29 is 53.4 Å². The van der Waals surface area contributed by atoms with E-state index < -0.39 is 127 Å². The molecule has 0 aliphatic carbocycles. The first-order valence-electron chi connectivity index (χ1n) is 18.9. The van der Waals surface area contributed by atoms with Crippen LogP contribution in [0.4, 0.5) is 0 Å². The fourth-order valence-electron chi connectivity index (χ4n) is 5.80. The van der Waals surface area contributed by atoms with Crippen LogP contribution in [0, 0.1) is 11.8 Å². The minimum absolute atomic E-state index is 0.0574. The van der Waals surface area contributed by atoms with Crippen LogP contribution in [0.5, 0.6) is 0 Å². The SMILES string of the molecule is CC(C)[C@@H]1NC(=O)[C@H](CCCN=C(N)N)NC(=O)[C@H](Cc2ccccc2)NC(=O)[C@H](C(C)C)NC(=O)[C@H](CCC(=O)O)NC(=O)[C@H](C)NC(=O)[C@H](CC(=O)O)NC1=O. The Hall–Kier alpha value is -6.28. The number of amides is 7. The van der Waals surface area contributed by atoms with Crippen molar-refractivity contribution in [2.24, 2.45) is 28.3 Å². The number of aliphatic carboxylic acids is 2. The highest BCUT2D eigenvalue weighted by Crippen LogP contribution is 2.11. The molecule has 13 N–H and O–H groups in total. The van der Waals surface area contributed by atoms with Crippen LogP contribution in [0.1, 0.15) is 72.3 Å². The van der Waals surface area contributed by atoms with Gasteiger partial charge in [0.2, 0.25) is 41.4 Å². The number of hydrogen-bond donors (Lipinski definition) is 11. The van der Waals surface area contributed by atoms with Crippen LogP contribution in [0.25, 0.3) is 0 Å². The van der Waals surface area contributed by atoms with Crippen molar-refractivity contribution in [3.63, 3.8) is 0 Å². The molecule has 2 rings (SSSR count). The monoisotopic (exact) mass is 816 g/mol. The molecule has 21 nitrogen and oxygen atoms in total. The van der Waals surface area contributed by atoms with Crippen LogP contribution in [0.2, 0.25) is 0 Å². The minimum Gasteiger partial charge on any atom is -0.481 e. The molecule has 0 spiro atoms. The maximum atomic E-state index is 14.1. The van der Waals surface area contributed by atoms with Crippen LogP contribution in [-0.4, -0.2) is 118 Å². The van der Waals surface area contributed by atoms with Gasteiger partial charge in [-0.1, -0.05) is 58.0 Å². The standard InChI is InChI=1S/C37H56N10O11/c1-18(2)28-35(57)44-24(16-21-10-7-6-8-11-21)34(56)43-22(12-9-15-40-37(38)39)31(53)46-29(19(3)4)36(58)45-25(17-27(50)51)33(55)41-20(5)30(52)42-23(32(54)47-28)13-14-26(48)49/h6-8,10-11,18-20,22-25,28-29H,9,12-17H2,1-5H3,(H,41,55)(H,42,52)(H,43,56)(H,44,57)(H,45,58)(H,46,53)(H,47,54)(H,48,49)(H,50,51)(H4,38,39,40)/t20-,22-,23-,24-,25-,28-,29-/m0/s1. The molecule has 1 heterocycles. The van der Waals surface area contributed by atoms with E-state index in [1.54, 1.807) is 58.0 Å². The molecule has 7 amide bonds. The number of hydrogen-bond acceptors (Lipinski definition) is 10. The number of guanidine groups is 1. The first-order valence-corrected chi connectivity index (χ1v) is 18.9. The van der Waals surface area contributed by atoms with Gasteiger partial charge in [-0.3, -0.25) is 48.1 Å². The van der Waals surface area contributed by atoms with Crippen molar-refractivity contribution >= 4 is 59.2 Å². The third-order valence-corrected chi connectivity index (χ3v) is 9.03. The third kappa shape index (κ3) is 16.1. The van der Waals surface area contributed by atoms with E-state index in [1.807, 2.05) is 0 Å². The molecule has 1 aliphatic rings. The number of carbonyl (C=O) groups is 9. The Labute approximate surface area is 335 Å². The minimum atomic E-state index is -1.75. The normalized spacial score (nSPS) is 24.5. The molecule has 1 fully saturated rings. The van der Waals surface area contributed by atoms with Gasteiger partial charge in [0.1, 0.15) is 42.3 Å². The Morgan fingerprint density at radius 3 is 1.59 bits per heavy atom. The third-order valence-electron chi connectivity index (χ3n) is 9.03. The topological polar surface area (TPSA) is 343 Å². The summed E-state index contributed by atoms with van der Waals surface area (Å²) in [5.41, 5.74) is 11.5. The quantitative estimate of drug-likeness (QED) is 0.0552. The van der Waals surface area contributed by atoms with Crippen molar-refractivity contribution in [1.82, 2.24) is 37.2 Å². The molecular weight excluding hydrogens is 760 g/mol. The lowest BCUT2D eigenvalue weighted by atomic mass is 9.99. The van der Waals surface area contributed by atoms with Gasteiger partial charge in [-0.05, 0) is 43.6 Å². The van der Waals surface area contributed by atoms with Gasteiger partial charge in [-0.25, -0.2) is 0 Å². The van der Waals surface area contributed by atoms with E-state index in [0.29, 0.717) is 5.56 Å². The predicted octanol–water partition coefficient (Wildman–Crippen LogP) is -2.64. The van der Waals surface area contributed by atoms with Crippen LogP contribution >= 0.6 is 0 Å². The van der Waals surface area contributed by atoms with E-state index >= 15 is 0 Å². The zero-order valence-corrected chi connectivity index (χ0v) is 33.2. The maximum Gasteiger partial charge on any atom is 0.305 e. The molecule has 0 unspecified atom stereocenters. The van der Waals surface area contributed by atoms with Gasteiger partial charge in [0.25, 0.3) is 0 Å². The Morgan fingerprint density at radius 1 is 0.621 bits per heavy atom. The van der Waals surface area contributed by atoms with Gasteiger partial charge in [-0.2, -0.15) is 0 Å². The number of carboxylic acid groups (broad SMARTS) is 2. The second-order valence-corrected chi connectivity index (χ2v) is 14.6. The van der Waals surface area contributed by atoms with Crippen molar-refractivity contribution in [2.45, 2.75) is 115 Å². The summed E-state index contributed by atoms with van der Waals surface area (Å²) < 4.78 is 0. The second kappa shape index (κ2) is 23.1. The number of nitrogens with two attached hydrogens (primary N) is 2. The zero-order chi connectivity index (χ0) is 43.7. The zero-order valence-electron chi connectivity index (χ0n) is 33.2. The van der Waals surface area contributed by atoms with Gasteiger partial charge in [-0.15, -0.1) is 0 Å². The number of nitrogens with zero attached hydrogens (tertiary/aromatic N) is 1. The van der Waals surface area contributed by atoms with Crippen molar-refractivity contribution in [2.75, 3.05) is 6.54 Å². The summed E-state index contributed by atoms with van der Waals surface area (Å²) >= 11 is 0. The summed E-state index contributed by atoms with van der Waals surface area (Å²) in [4.78, 5) is 123. The van der Waals surface area contributed by atoms with Gasteiger partial charge >= 0.3 is 11.9 Å². The number of carbonyl (C=O) groups excluding carboxylic acids is 7. The Balaban J connectivity index is 2.72. The summed E-state index contributed by atoms with van der Waals surface area (Å²) in [7, 11) is 0. The molecule has 320 valence electrons. The van der Waals surface area contributed by atoms with Crippen LogP contribution in [0.3, 0.4) is 0 Å². The highest BCUT2D eigenvalue weighted by atomic mass is 16.4. The Bertz CT molecular complexity index is 1680. The molecule has 58 heavy (non-hydrogen) atoms. The Kier molecular flexibility index (Phi) is 19.0. The fourth-order valence-corrected chi connectivity index (χ4v) is 5.80. The smallest absolute Gasteiger partial charge is 0.305 e. The van der Waals surface area contributed by atoms with Gasteiger partial charge < -0.3 is 58.9 Å². The summed E-state index contributed by atoms with van der Waals surface area (Å²) in [6.45, 7) is 7.62. The summed E-state index contributed by atoms with van der Waals surface area (Å²) in [5.74, 6) is -10.7. The fraction of sp³-hybridized carbons (Fsp3) is 0.568. The number of benzene rings is 1. The number of nitrogens with one attached hydrogen (secondary N) is 7. The molecule has 1 aromatic rings. The summed E-state index contributed by atoms with van der Waals surface area (Å²) in [5, 5.41) is 36.3. The van der Waals surface area contributed by atoms with Crippen molar-refractivity contribution in [3.8, 4) is 0 Å². The molecule has 0 bridgehead atoms. The first-order chi connectivity index (χ1) is 27.2. The van der Waals surface area contributed by atoms with E-state index in [1.165, 1.54) is 6.92 Å². The molecular formula is C37H56N10O11. The van der Waals surface area contributed by atoms with Gasteiger partial charge in [0, 0.05) is 19.4 Å². The second-order valence-electron chi connectivity index (χ2n) is 14.6. The van der Waals surface area contributed by atoms with E-state index in [2.05, 4.69) is 42.2 Å². The van der Waals surface area contributed by atoms with E-state index in [9.17, 15) is 53.4 Å². The van der Waals surface area contributed by atoms with E-state index in [4.69, 9.17) is 11.5 Å². The molecule has 0 saturated carbocycles. The molecule has 21 heteroatoms. The van der Waals surface area contributed by atoms with Crippen molar-refractivity contribution in [1.29, 1.82) is 0 Å². The average molecular weight is 817 g/mol. The van der Waals surface area contributed by atoms with Gasteiger partial charge in [0.15, 0.2) is 5.96 Å². The number of aliphatic imine (C=N–C) groups is 1. The average Bonchev–Trinajstić information content (AvgIpc) is 3.13. The van der Waals surface area contributed by atoms with Crippen LogP contribution in [0.15, 0.2) is 35.3 Å². The maximum absolute atomic E-state index is 14.1. The lowest BCUT2D eigenvalue weighted by molar-refractivity contribution is -0.142. The number of carboxylic acids is 2. The van der Waals surface area contributed by atoms with Gasteiger partial charge in [0.05, 0.1) is 6.42 Å². The number of rotatable bonds is 13. The van der Waals surface area contributed by atoms with Crippen LogP contribution in [-0.2, 0) is 49.6 Å².